The number of hydrogen-bond acceptors (Lipinski definition) is 10. The first-order chi connectivity index (χ1) is 17.4. The lowest BCUT2D eigenvalue weighted by Crippen LogP contribution is -2.20. The van der Waals surface area contributed by atoms with Gasteiger partial charge in [-0.05, 0) is 63.0 Å². The van der Waals surface area contributed by atoms with Gasteiger partial charge in [0.1, 0.15) is 6.61 Å². The number of nitrogens with zero attached hydrogens (tertiary/aromatic N) is 3. The largest absolute Gasteiger partial charge is 0.504 e. The first-order valence-corrected chi connectivity index (χ1v) is 11.5. The van der Waals surface area contributed by atoms with E-state index in [9.17, 15) is 9.90 Å². The van der Waals surface area contributed by atoms with Crippen molar-refractivity contribution in [3.63, 3.8) is 0 Å². The molecular weight excluding hydrogens is 462 g/mol. The van der Waals surface area contributed by atoms with E-state index in [1.165, 1.54) is 0 Å². The Labute approximate surface area is 208 Å². The van der Waals surface area contributed by atoms with Crippen LogP contribution in [-0.2, 0) is 4.74 Å². The molecule has 0 saturated carbocycles. The van der Waals surface area contributed by atoms with Crippen LogP contribution in [0.4, 0.5) is 23.1 Å². The number of allylic oxidation sites excluding steroid dienone is 1. The Morgan fingerprint density at radius 2 is 2.11 bits per heavy atom. The third-order valence-corrected chi connectivity index (χ3v) is 5.51. The number of fused-ring (bicyclic) bond motifs is 1. The number of aliphatic imine (C=N–C) groups is 1. The second-order valence-electron chi connectivity index (χ2n) is 8.50. The minimum Gasteiger partial charge on any atom is -0.504 e. The number of aliphatic hydroxyl groups is 1. The Bertz CT molecular complexity index is 1310. The number of nitrogens with one attached hydrogen (secondary N) is 2. The normalized spacial score (nSPS) is 13.3. The quantitative estimate of drug-likeness (QED) is 0.313. The number of rotatable bonds is 10. The molecule has 2 aromatic heterocycles. The van der Waals surface area contributed by atoms with Crippen molar-refractivity contribution in [2.24, 2.45) is 4.99 Å². The van der Waals surface area contributed by atoms with Crippen molar-refractivity contribution in [1.29, 1.82) is 0 Å². The van der Waals surface area contributed by atoms with Gasteiger partial charge in [0, 0.05) is 48.0 Å². The lowest BCUT2D eigenvalue weighted by atomic mass is 10.1. The Balaban J connectivity index is 1.68. The average Bonchev–Trinajstić information content (AvgIpc) is 3.39. The second kappa shape index (κ2) is 11.1. The molecule has 0 radical (unpaired) electrons. The number of likely N-dealkylation sites (N-methyl/N-ethyl adjacent to an activating group) is 1. The van der Waals surface area contributed by atoms with Crippen LogP contribution in [0.15, 0.2) is 45.9 Å². The summed E-state index contributed by atoms with van der Waals surface area (Å²) in [4.78, 5) is 23.4. The number of carbonyl (C=O) groups excluding carboxylic acids is 1. The van der Waals surface area contributed by atoms with E-state index in [-0.39, 0.29) is 36.2 Å². The Morgan fingerprint density at radius 3 is 2.86 bits per heavy atom. The monoisotopic (exact) mass is 491 g/mol. The van der Waals surface area contributed by atoms with Gasteiger partial charge < -0.3 is 34.9 Å². The molecule has 10 heteroatoms. The summed E-state index contributed by atoms with van der Waals surface area (Å²) in [6.07, 6.45) is 4.90. The van der Waals surface area contributed by atoms with Gasteiger partial charge in [-0.25, -0.2) is 14.8 Å². The molecule has 1 aromatic carbocycles. The number of pyridine rings is 1. The maximum Gasteiger partial charge on any atom is 0.347 e. The number of carbonyl (C=O) groups is 1. The topological polar surface area (TPSA) is 132 Å². The molecule has 0 saturated heterocycles. The number of benzene rings is 1. The highest BCUT2D eigenvalue weighted by atomic mass is 16.5. The van der Waals surface area contributed by atoms with Crippen molar-refractivity contribution in [3.8, 4) is 5.75 Å². The van der Waals surface area contributed by atoms with E-state index in [4.69, 9.17) is 14.3 Å². The number of aliphatic hydroxyl groups excluding tert-OH is 1. The maximum atomic E-state index is 13.0. The fourth-order valence-electron chi connectivity index (χ4n) is 3.63. The van der Waals surface area contributed by atoms with Crippen molar-refractivity contribution in [1.82, 2.24) is 9.88 Å². The zero-order valence-electron chi connectivity index (χ0n) is 20.4. The second-order valence-corrected chi connectivity index (χ2v) is 8.50. The van der Waals surface area contributed by atoms with Crippen LogP contribution in [0.25, 0.3) is 11.6 Å². The molecule has 188 valence electrons. The van der Waals surface area contributed by atoms with E-state index in [0.717, 1.165) is 16.8 Å². The molecule has 0 amide bonds. The van der Waals surface area contributed by atoms with Crippen LogP contribution >= 0.6 is 0 Å². The van der Waals surface area contributed by atoms with Crippen LogP contribution in [-0.4, -0.2) is 72.7 Å². The van der Waals surface area contributed by atoms with Crippen LogP contribution < -0.4 is 10.6 Å². The molecule has 4 rings (SSSR count). The smallest absolute Gasteiger partial charge is 0.347 e. The summed E-state index contributed by atoms with van der Waals surface area (Å²) in [5, 5.41) is 26.3. The van der Waals surface area contributed by atoms with Crippen LogP contribution in [0.3, 0.4) is 0 Å². The molecule has 0 atom stereocenters. The van der Waals surface area contributed by atoms with Gasteiger partial charge in [0.2, 0.25) is 5.88 Å². The summed E-state index contributed by atoms with van der Waals surface area (Å²) >= 11 is 0. The van der Waals surface area contributed by atoms with Gasteiger partial charge in [-0.1, -0.05) is 0 Å². The third kappa shape index (κ3) is 5.56. The fraction of sp³-hybridized carbons (Fsp3) is 0.269. The summed E-state index contributed by atoms with van der Waals surface area (Å²) in [5.74, 6) is -0.304. The zero-order chi connectivity index (χ0) is 25.7. The highest BCUT2D eigenvalue weighted by Crippen LogP contribution is 2.40. The van der Waals surface area contributed by atoms with E-state index in [1.807, 2.05) is 50.2 Å². The fourth-order valence-corrected chi connectivity index (χ4v) is 3.63. The number of anilines is 3. The van der Waals surface area contributed by atoms with Gasteiger partial charge in [-0.15, -0.1) is 0 Å². The molecule has 0 fully saturated rings. The van der Waals surface area contributed by atoms with Gasteiger partial charge in [0.15, 0.2) is 22.9 Å². The summed E-state index contributed by atoms with van der Waals surface area (Å²) in [7, 11) is 3.75. The minimum absolute atomic E-state index is 0.0214. The number of esters is 1. The van der Waals surface area contributed by atoms with Crippen molar-refractivity contribution >= 4 is 46.9 Å². The SMILES string of the molecule is Cc1cc(NCCO)ccc1Nc1oc(C=C2C=Nc3ncccc32)c(O)c1C(=O)OCCN(C)C. The van der Waals surface area contributed by atoms with Gasteiger partial charge in [0.05, 0.1) is 6.61 Å². The highest BCUT2D eigenvalue weighted by Gasteiger charge is 2.28. The number of furan rings is 1. The molecule has 10 nitrogen and oxygen atoms in total. The summed E-state index contributed by atoms with van der Waals surface area (Å²) in [6, 6.07) is 9.22. The average molecular weight is 492 g/mol. The van der Waals surface area contributed by atoms with Crippen molar-refractivity contribution in [2.45, 2.75) is 6.92 Å². The van der Waals surface area contributed by atoms with E-state index in [1.54, 1.807) is 24.6 Å². The van der Waals surface area contributed by atoms with Crippen molar-refractivity contribution < 1.29 is 24.2 Å². The van der Waals surface area contributed by atoms with Gasteiger partial charge in [-0.2, -0.15) is 0 Å². The molecule has 1 aliphatic rings. The molecule has 0 bridgehead atoms. The Kier molecular flexibility index (Phi) is 7.67. The molecule has 0 aliphatic carbocycles. The molecule has 0 unspecified atom stereocenters. The summed E-state index contributed by atoms with van der Waals surface area (Å²) in [5.41, 5.74) is 3.77. The number of aryl methyl sites for hydroxylation is 1. The molecule has 36 heavy (non-hydrogen) atoms. The molecule has 0 spiro atoms. The van der Waals surface area contributed by atoms with Crippen LogP contribution in [0.5, 0.6) is 5.75 Å². The predicted octanol–water partition coefficient (Wildman–Crippen LogP) is 3.81. The first-order valence-electron chi connectivity index (χ1n) is 11.5. The molecule has 3 heterocycles. The molecular formula is C26H29N5O5. The summed E-state index contributed by atoms with van der Waals surface area (Å²) in [6.45, 7) is 3.04. The lowest BCUT2D eigenvalue weighted by Gasteiger charge is -2.12. The van der Waals surface area contributed by atoms with Crippen molar-refractivity contribution in [3.05, 3.63) is 59.0 Å². The minimum atomic E-state index is -0.703. The van der Waals surface area contributed by atoms with Gasteiger partial charge in [0.25, 0.3) is 0 Å². The van der Waals surface area contributed by atoms with Crippen molar-refractivity contribution in [2.75, 3.05) is 51.0 Å². The van der Waals surface area contributed by atoms with Crippen LogP contribution in [0.2, 0.25) is 0 Å². The number of aromatic nitrogens is 1. The standard InChI is InChI=1S/C26H29N5O5/c1-16-13-18(27-9-11-32)6-7-20(16)30-25-22(26(34)35-12-10-31(2)3)23(33)21(36-25)14-17-15-29-24-19(17)5-4-8-28-24/h4-8,13-15,27,30,32-33H,9-12H2,1-3H3. The molecule has 4 N–H and O–H groups in total. The van der Waals surface area contributed by atoms with E-state index in [2.05, 4.69) is 20.6 Å². The van der Waals surface area contributed by atoms with E-state index >= 15 is 0 Å². The van der Waals surface area contributed by atoms with Gasteiger partial charge >= 0.3 is 5.97 Å². The summed E-state index contributed by atoms with van der Waals surface area (Å²) < 4.78 is 11.3. The van der Waals surface area contributed by atoms with Gasteiger partial charge in [-0.3, -0.25) is 0 Å². The Hall–Kier alpha value is -4.15. The maximum absolute atomic E-state index is 13.0. The predicted molar refractivity (Wildman–Crippen MR) is 140 cm³/mol. The molecule has 3 aromatic rings. The third-order valence-electron chi connectivity index (χ3n) is 5.51. The highest BCUT2D eigenvalue weighted by molar-refractivity contribution is 6.21. The van der Waals surface area contributed by atoms with Crippen LogP contribution in [0, 0.1) is 6.92 Å². The number of aromatic hydroxyl groups is 1. The van der Waals surface area contributed by atoms with E-state index < -0.39 is 5.97 Å². The Morgan fingerprint density at radius 1 is 1.28 bits per heavy atom. The lowest BCUT2D eigenvalue weighted by molar-refractivity contribution is 0.0479. The first kappa shape index (κ1) is 25.0. The van der Waals surface area contributed by atoms with Crippen LogP contribution in [0.1, 0.15) is 27.2 Å². The zero-order valence-corrected chi connectivity index (χ0v) is 20.4. The van der Waals surface area contributed by atoms with E-state index in [0.29, 0.717) is 30.2 Å². The molecule has 1 aliphatic heterocycles. The number of ether oxygens (including phenoxy) is 1. The number of hydrogen-bond donors (Lipinski definition) is 4.